The molecule has 0 aromatic carbocycles. The van der Waals surface area contributed by atoms with Crippen molar-refractivity contribution in [3.05, 3.63) is 11.6 Å². The van der Waals surface area contributed by atoms with Crippen LogP contribution >= 0.6 is 0 Å². The maximum Gasteiger partial charge on any atom is 0.293 e. The second-order valence-corrected chi connectivity index (χ2v) is 4.09. The van der Waals surface area contributed by atoms with E-state index in [9.17, 15) is 4.79 Å². The molecule has 0 saturated heterocycles. The fourth-order valence-electron chi connectivity index (χ4n) is 1.87. The third-order valence-electron chi connectivity index (χ3n) is 2.57. The molecule has 1 atom stereocenters. The van der Waals surface area contributed by atoms with Crippen LogP contribution in [-0.4, -0.2) is 12.6 Å². The van der Waals surface area contributed by atoms with Gasteiger partial charge in [-0.1, -0.05) is 19.9 Å². The zero-order chi connectivity index (χ0) is 9.19. The van der Waals surface area contributed by atoms with Gasteiger partial charge in [-0.25, -0.2) is 0 Å². The summed E-state index contributed by atoms with van der Waals surface area (Å²) in [6.07, 6.45) is 4.31. The van der Waals surface area contributed by atoms with E-state index in [1.807, 2.05) is 6.92 Å². The number of carbonyl (C=O) groups excluding carboxylic acids is 1. The summed E-state index contributed by atoms with van der Waals surface area (Å²) < 4.78 is 5.06. The van der Waals surface area contributed by atoms with Gasteiger partial charge in [0.05, 0.1) is 0 Å². The van der Waals surface area contributed by atoms with Gasteiger partial charge in [0.15, 0.2) is 0 Å². The topological polar surface area (TPSA) is 26.3 Å². The largest absolute Gasteiger partial charge is 0.459 e. The zero-order valence-electron chi connectivity index (χ0n) is 7.96. The lowest BCUT2D eigenvalue weighted by molar-refractivity contribution is -0.137. The van der Waals surface area contributed by atoms with Crippen LogP contribution in [0.25, 0.3) is 0 Å². The summed E-state index contributed by atoms with van der Waals surface area (Å²) in [5.74, 6) is 0. The van der Waals surface area contributed by atoms with Crippen LogP contribution in [0.5, 0.6) is 0 Å². The van der Waals surface area contributed by atoms with E-state index in [2.05, 4.69) is 19.9 Å². The van der Waals surface area contributed by atoms with Crippen LogP contribution in [0.15, 0.2) is 11.6 Å². The van der Waals surface area contributed by atoms with Crippen LogP contribution in [0.3, 0.4) is 0 Å². The molecular weight excluding hydrogens is 152 g/mol. The Bertz CT molecular complexity index is 204. The van der Waals surface area contributed by atoms with Crippen LogP contribution in [0.2, 0.25) is 0 Å². The number of hydrogen-bond donors (Lipinski definition) is 0. The minimum absolute atomic E-state index is 0.0243. The van der Waals surface area contributed by atoms with Gasteiger partial charge < -0.3 is 4.74 Å². The molecule has 1 aliphatic rings. The molecule has 68 valence electrons. The second-order valence-electron chi connectivity index (χ2n) is 4.09. The van der Waals surface area contributed by atoms with E-state index >= 15 is 0 Å². The standard InChI is InChI=1S/C10H16O2/c1-8-5-4-6-10(2,3)9(8)12-7-11/h5,7,9H,4,6H2,1-3H3. The maximum absolute atomic E-state index is 10.3. The van der Waals surface area contributed by atoms with Crippen LogP contribution < -0.4 is 0 Å². The normalized spacial score (nSPS) is 27.6. The SMILES string of the molecule is CC1=CCCC(C)(C)C1OC=O. The zero-order valence-corrected chi connectivity index (χ0v) is 7.96. The predicted octanol–water partition coefficient (Wildman–Crippen LogP) is 2.29. The van der Waals surface area contributed by atoms with E-state index in [0.29, 0.717) is 6.47 Å². The summed E-state index contributed by atoms with van der Waals surface area (Å²) in [6, 6.07) is 0. The molecule has 0 fully saturated rings. The van der Waals surface area contributed by atoms with E-state index in [0.717, 1.165) is 12.8 Å². The van der Waals surface area contributed by atoms with Crippen molar-refractivity contribution < 1.29 is 9.53 Å². The lowest BCUT2D eigenvalue weighted by Crippen LogP contribution is -2.35. The summed E-state index contributed by atoms with van der Waals surface area (Å²) in [5, 5.41) is 0. The summed E-state index contributed by atoms with van der Waals surface area (Å²) >= 11 is 0. The van der Waals surface area contributed by atoms with Gasteiger partial charge in [0.2, 0.25) is 0 Å². The van der Waals surface area contributed by atoms with Crippen LogP contribution in [0, 0.1) is 5.41 Å². The fraction of sp³-hybridized carbons (Fsp3) is 0.700. The van der Waals surface area contributed by atoms with Crippen molar-refractivity contribution in [1.82, 2.24) is 0 Å². The average Bonchev–Trinajstić information content (AvgIpc) is 1.97. The van der Waals surface area contributed by atoms with Crippen molar-refractivity contribution in [3.8, 4) is 0 Å². The highest BCUT2D eigenvalue weighted by atomic mass is 16.5. The molecule has 1 unspecified atom stereocenters. The first-order valence-electron chi connectivity index (χ1n) is 4.33. The molecule has 0 amide bonds. The molecule has 2 heteroatoms. The Morgan fingerprint density at radius 3 is 2.83 bits per heavy atom. The fourth-order valence-corrected chi connectivity index (χ4v) is 1.87. The summed E-state index contributed by atoms with van der Waals surface area (Å²) in [5.41, 5.74) is 1.28. The molecule has 0 heterocycles. The Hall–Kier alpha value is -0.790. The second kappa shape index (κ2) is 3.30. The van der Waals surface area contributed by atoms with Crippen LogP contribution in [-0.2, 0) is 9.53 Å². The highest BCUT2D eigenvalue weighted by molar-refractivity contribution is 5.39. The van der Waals surface area contributed by atoms with E-state index in [1.165, 1.54) is 5.57 Å². The smallest absolute Gasteiger partial charge is 0.293 e. The number of hydrogen-bond acceptors (Lipinski definition) is 2. The quantitative estimate of drug-likeness (QED) is 0.467. The van der Waals surface area contributed by atoms with Gasteiger partial charge in [0.25, 0.3) is 6.47 Å². The van der Waals surface area contributed by atoms with Crippen molar-refractivity contribution in [2.24, 2.45) is 5.41 Å². The van der Waals surface area contributed by atoms with Gasteiger partial charge >= 0.3 is 0 Å². The van der Waals surface area contributed by atoms with E-state index in [-0.39, 0.29) is 11.5 Å². The molecule has 0 bridgehead atoms. The minimum atomic E-state index is -0.0243. The van der Waals surface area contributed by atoms with E-state index in [1.54, 1.807) is 0 Å². The third kappa shape index (κ3) is 1.68. The first-order chi connectivity index (χ1) is 5.58. The minimum Gasteiger partial charge on any atom is -0.459 e. The molecule has 1 rings (SSSR count). The molecule has 0 saturated carbocycles. The van der Waals surface area contributed by atoms with Crippen LogP contribution in [0.4, 0.5) is 0 Å². The summed E-state index contributed by atoms with van der Waals surface area (Å²) in [6.45, 7) is 6.85. The molecule has 1 aliphatic carbocycles. The number of carbonyl (C=O) groups is 1. The molecule has 0 spiro atoms. The van der Waals surface area contributed by atoms with Gasteiger partial charge in [-0.2, -0.15) is 0 Å². The molecule has 0 radical (unpaired) electrons. The molecule has 2 nitrogen and oxygen atoms in total. The summed E-state index contributed by atoms with van der Waals surface area (Å²) in [4.78, 5) is 10.3. The maximum atomic E-state index is 10.3. The Balaban J connectivity index is 2.80. The highest BCUT2D eigenvalue weighted by Crippen LogP contribution is 2.37. The van der Waals surface area contributed by atoms with E-state index < -0.39 is 0 Å². The molecule has 0 N–H and O–H groups in total. The number of allylic oxidation sites excluding steroid dienone is 1. The van der Waals surface area contributed by atoms with Crippen molar-refractivity contribution in [1.29, 1.82) is 0 Å². The lowest BCUT2D eigenvalue weighted by atomic mass is 9.75. The first-order valence-corrected chi connectivity index (χ1v) is 4.33. The predicted molar refractivity (Wildman–Crippen MR) is 47.7 cm³/mol. The van der Waals surface area contributed by atoms with Gasteiger partial charge in [0, 0.05) is 5.41 Å². The van der Waals surface area contributed by atoms with Crippen molar-refractivity contribution in [3.63, 3.8) is 0 Å². The molecule has 0 aliphatic heterocycles. The first kappa shape index (κ1) is 9.30. The van der Waals surface area contributed by atoms with Gasteiger partial charge in [-0.3, -0.25) is 4.79 Å². The van der Waals surface area contributed by atoms with Crippen molar-refractivity contribution >= 4 is 6.47 Å². The summed E-state index contributed by atoms with van der Waals surface area (Å²) in [7, 11) is 0. The van der Waals surface area contributed by atoms with Crippen molar-refractivity contribution in [2.45, 2.75) is 39.7 Å². The van der Waals surface area contributed by atoms with Gasteiger partial charge in [-0.05, 0) is 25.3 Å². The highest BCUT2D eigenvalue weighted by Gasteiger charge is 2.34. The van der Waals surface area contributed by atoms with E-state index in [4.69, 9.17) is 4.74 Å². The number of rotatable bonds is 2. The Kier molecular flexibility index (Phi) is 2.55. The third-order valence-corrected chi connectivity index (χ3v) is 2.57. The van der Waals surface area contributed by atoms with Gasteiger partial charge in [-0.15, -0.1) is 0 Å². The van der Waals surface area contributed by atoms with Crippen molar-refractivity contribution in [2.75, 3.05) is 0 Å². The average molecular weight is 168 g/mol. The Morgan fingerprint density at radius 2 is 2.33 bits per heavy atom. The Labute approximate surface area is 73.6 Å². The monoisotopic (exact) mass is 168 g/mol. The molecule has 12 heavy (non-hydrogen) atoms. The van der Waals surface area contributed by atoms with Crippen LogP contribution in [0.1, 0.15) is 33.6 Å². The molecule has 0 aromatic heterocycles. The number of ether oxygens (including phenoxy) is 1. The molecule has 0 aromatic rings. The lowest BCUT2D eigenvalue weighted by Gasteiger charge is -2.36. The molecular formula is C10H16O2. The van der Waals surface area contributed by atoms with Gasteiger partial charge in [0.1, 0.15) is 6.10 Å². The Morgan fingerprint density at radius 1 is 1.67 bits per heavy atom.